The van der Waals surface area contributed by atoms with Crippen LogP contribution in [-0.2, 0) is 20.7 Å². The largest absolute Gasteiger partial charge is 0.464 e. The summed E-state index contributed by atoms with van der Waals surface area (Å²) in [4.78, 5) is 25.8. The minimum absolute atomic E-state index is 0.0195. The lowest BCUT2D eigenvalue weighted by atomic mass is 10.0. The summed E-state index contributed by atoms with van der Waals surface area (Å²) >= 11 is 0. The summed E-state index contributed by atoms with van der Waals surface area (Å²) in [6.45, 7) is 1.18. The van der Waals surface area contributed by atoms with Gasteiger partial charge in [-0.3, -0.25) is 4.79 Å². The predicted molar refractivity (Wildman–Crippen MR) is 97.3 cm³/mol. The van der Waals surface area contributed by atoms with E-state index in [2.05, 4.69) is 0 Å². The number of ether oxygens (including phenoxy) is 2. The van der Waals surface area contributed by atoms with Crippen molar-refractivity contribution >= 4 is 11.9 Å². The lowest BCUT2D eigenvalue weighted by molar-refractivity contribution is -0.152. The lowest BCUT2D eigenvalue weighted by Gasteiger charge is -2.26. The monoisotopic (exact) mass is 423 g/mol. The van der Waals surface area contributed by atoms with Crippen LogP contribution in [0.2, 0.25) is 0 Å². The molecule has 158 valence electrons. The highest BCUT2D eigenvalue weighted by Crippen LogP contribution is 2.27. The number of esters is 1. The summed E-state index contributed by atoms with van der Waals surface area (Å²) in [7, 11) is 0. The molecule has 2 aromatic rings. The molecule has 0 N–H and O–H groups in total. The number of para-hydroxylation sites is 1. The maximum Gasteiger partial charge on any atom is 0.329 e. The van der Waals surface area contributed by atoms with Crippen molar-refractivity contribution in [1.29, 1.82) is 0 Å². The number of carbonyl (C=O) groups excluding carboxylic acids is 2. The Bertz CT molecular complexity index is 968. The summed E-state index contributed by atoms with van der Waals surface area (Å²) in [6, 6.07) is 4.97. The number of rotatable bonds is 7. The Morgan fingerprint density at radius 1 is 1.03 bits per heavy atom. The summed E-state index contributed by atoms with van der Waals surface area (Å²) in [5.74, 6) is -6.15. The van der Waals surface area contributed by atoms with Gasteiger partial charge in [-0.15, -0.1) is 0 Å². The third kappa shape index (κ3) is 4.45. The van der Waals surface area contributed by atoms with Gasteiger partial charge in [-0.1, -0.05) is 12.1 Å². The van der Waals surface area contributed by atoms with E-state index in [4.69, 9.17) is 9.47 Å². The molecule has 0 aliphatic carbocycles. The van der Waals surface area contributed by atoms with E-state index in [1.807, 2.05) is 0 Å². The third-order valence-corrected chi connectivity index (χ3v) is 4.44. The Hall–Kier alpha value is -3.36. The maximum atomic E-state index is 14.1. The van der Waals surface area contributed by atoms with Crippen molar-refractivity contribution in [2.75, 3.05) is 13.2 Å². The van der Waals surface area contributed by atoms with Crippen LogP contribution < -0.4 is 4.74 Å². The molecule has 1 aliphatic heterocycles. The van der Waals surface area contributed by atoms with Gasteiger partial charge in [0.25, 0.3) is 5.91 Å². The van der Waals surface area contributed by atoms with Crippen molar-refractivity contribution in [2.24, 2.45) is 0 Å². The van der Waals surface area contributed by atoms with E-state index in [1.54, 1.807) is 0 Å². The first-order chi connectivity index (χ1) is 14.3. The van der Waals surface area contributed by atoms with Crippen LogP contribution in [0.1, 0.15) is 12.5 Å². The van der Waals surface area contributed by atoms with Crippen molar-refractivity contribution in [1.82, 2.24) is 4.90 Å². The molecule has 1 unspecified atom stereocenters. The average Bonchev–Trinajstić information content (AvgIpc) is 3.05. The Balaban J connectivity index is 1.84. The van der Waals surface area contributed by atoms with Gasteiger partial charge >= 0.3 is 5.97 Å². The first kappa shape index (κ1) is 21.4. The molecule has 9 heteroatoms. The summed E-state index contributed by atoms with van der Waals surface area (Å²) in [5, 5.41) is 0. The molecule has 1 atom stereocenters. The number of carbonyl (C=O) groups is 2. The van der Waals surface area contributed by atoms with Gasteiger partial charge in [0.2, 0.25) is 0 Å². The molecule has 2 aromatic carbocycles. The standard InChI is InChI=1S/C21H17F4NO4/c1-2-29-21(28)18(10-13-14(22)5-3-6-15(13)23)26-11-12(9-19(26)27)30-20-16(24)7-4-8-17(20)25/h3-9,18H,2,10-11H2,1H3. The van der Waals surface area contributed by atoms with Crippen LogP contribution in [0.15, 0.2) is 48.2 Å². The van der Waals surface area contributed by atoms with Crippen LogP contribution in [0.3, 0.4) is 0 Å². The lowest BCUT2D eigenvalue weighted by Crippen LogP contribution is -2.45. The highest BCUT2D eigenvalue weighted by molar-refractivity contribution is 5.94. The van der Waals surface area contributed by atoms with Gasteiger partial charge in [0.05, 0.1) is 13.2 Å². The molecule has 3 rings (SSSR count). The fourth-order valence-electron chi connectivity index (χ4n) is 3.03. The van der Waals surface area contributed by atoms with E-state index in [-0.39, 0.29) is 18.9 Å². The fourth-order valence-corrected chi connectivity index (χ4v) is 3.03. The van der Waals surface area contributed by atoms with E-state index in [9.17, 15) is 27.2 Å². The van der Waals surface area contributed by atoms with Crippen molar-refractivity contribution in [3.63, 3.8) is 0 Å². The number of nitrogens with zero attached hydrogens (tertiary/aromatic N) is 1. The quantitative estimate of drug-likeness (QED) is 0.505. The smallest absolute Gasteiger partial charge is 0.329 e. The summed E-state index contributed by atoms with van der Waals surface area (Å²) < 4.78 is 65.9. The van der Waals surface area contributed by atoms with Crippen molar-refractivity contribution in [3.8, 4) is 5.75 Å². The zero-order chi connectivity index (χ0) is 21.8. The minimum atomic E-state index is -1.37. The fraction of sp³-hybridized carbons (Fsp3) is 0.238. The Labute approximate surface area is 169 Å². The molecule has 0 saturated heterocycles. The second-order valence-corrected chi connectivity index (χ2v) is 6.40. The van der Waals surface area contributed by atoms with E-state index in [0.717, 1.165) is 41.3 Å². The summed E-state index contributed by atoms with van der Waals surface area (Å²) in [6.07, 6.45) is 0.466. The Morgan fingerprint density at radius 3 is 2.17 bits per heavy atom. The van der Waals surface area contributed by atoms with E-state index in [0.29, 0.717) is 0 Å². The number of halogens is 4. The van der Waals surface area contributed by atoms with Crippen molar-refractivity contribution < 1.29 is 36.6 Å². The van der Waals surface area contributed by atoms with E-state index >= 15 is 0 Å². The minimum Gasteiger partial charge on any atom is -0.464 e. The number of hydrogen-bond acceptors (Lipinski definition) is 4. The zero-order valence-corrected chi connectivity index (χ0v) is 15.8. The van der Waals surface area contributed by atoms with Crippen molar-refractivity contribution in [2.45, 2.75) is 19.4 Å². The molecule has 0 aromatic heterocycles. The Kier molecular flexibility index (Phi) is 6.39. The van der Waals surface area contributed by atoms with Gasteiger partial charge < -0.3 is 14.4 Å². The highest BCUT2D eigenvalue weighted by Gasteiger charge is 2.36. The molecule has 30 heavy (non-hydrogen) atoms. The van der Waals surface area contributed by atoms with Crippen LogP contribution in [0.5, 0.6) is 5.75 Å². The molecule has 0 saturated carbocycles. The summed E-state index contributed by atoms with van der Waals surface area (Å²) in [5.41, 5.74) is -0.391. The number of amides is 1. The van der Waals surface area contributed by atoms with Gasteiger partial charge in [-0.25, -0.2) is 22.4 Å². The van der Waals surface area contributed by atoms with Crippen LogP contribution in [0, 0.1) is 23.3 Å². The molecule has 0 fully saturated rings. The van der Waals surface area contributed by atoms with Crippen LogP contribution in [0.4, 0.5) is 17.6 Å². The topological polar surface area (TPSA) is 55.8 Å². The van der Waals surface area contributed by atoms with Gasteiger partial charge in [0.15, 0.2) is 17.4 Å². The third-order valence-electron chi connectivity index (χ3n) is 4.44. The highest BCUT2D eigenvalue weighted by atomic mass is 19.1. The predicted octanol–water partition coefficient (Wildman–Crippen LogP) is 3.52. The second-order valence-electron chi connectivity index (χ2n) is 6.40. The zero-order valence-electron chi connectivity index (χ0n) is 15.8. The molecule has 5 nitrogen and oxygen atoms in total. The van der Waals surface area contributed by atoms with E-state index in [1.165, 1.54) is 13.0 Å². The molecule has 1 heterocycles. The van der Waals surface area contributed by atoms with E-state index < -0.39 is 58.9 Å². The van der Waals surface area contributed by atoms with Crippen molar-refractivity contribution in [3.05, 3.63) is 77.1 Å². The van der Waals surface area contributed by atoms with Crippen LogP contribution in [0.25, 0.3) is 0 Å². The molecule has 0 radical (unpaired) electrons. The maximum absolute atomic E-state index is 14.1. The molecular weight excluding hydrogens is 406 g/mol. The normalized spacial score (nSPS) is 14.5. The second kappa shape index (κ2) is 8.98. The molecule has 0 bridgehead atoms. The first-order valence-corrected chi connectivity index (χ1v) is 9.04. The average molecular weight is 423 g/mol. The number of hydrogen-bond donors (Lipinski definition) is 0. The molecule has 0 spiro atoms. The molecule has 1 amide bonds. The first-order valence-electron chi connectivity index (χ1n) is 9.04. The van der Waals surface area contributed by atoms with Gasteiger partial charge in [-0.2, -0.15) is 0 Å². The molecular formula is C21H17F4NO4. The Morgan fingerprint density at radius 2 is 1.60 bits per heavy atom. The van der Waals surface area contributed by atoms with Gasteiger partial charge in [-0.05, 0) is 31.2 Å². The van der Waals surface area contributed by atoms with Gasteiger partial charge in [0, 0.05) is 18.1 Å². The van der Waals surface area contributed by atoms with Crippen LogP contribution >= 0.6 is 0 Å². The van der Waals surface area contributed by atoms with Crippen LogP contribution in [-0.4, -0.2) is 36.0 Å². The molecule has 1 aliphatic rings. The SMILES string of the molecule is CCOC(=O)C(Cc1c(F)cccc1F)N1CC(Oc2c(F)cccc2F)=CC1=O. The number of benzene rings is 2. The van der Waals surface area contributed by atoms with Gasteiger partial charge in [0.1, 0.15) is 23.4 Å².